The van der Waals surface area contributed by atoms with E-state index in [2.05, 4.69) is 0 Å². The number of aryl methyl sites for hydroxylation is 1. The standard InChI is InChI=1S/C18H20O4/c1-9-4-12(11(3)19)17-13(5-9)15(20)10(2)16(22-17)14-6-18(14)7-21-8-18/h4-5,11,14,19H,6-8H2,1-3H3/t11-,14?/m0/s1. The molecule has 4 heteroatoms. The van der Waals surface area contributed by atoms with Gasteiger partial charge in [-0.1, -0.05) is 0 Å². The van der Waals surface area contributed by atoms with Crippen LogP contribution in [0, 0.1) is 19.3 Å². The summed E-state index contributed by atoms with van der Waals surface area (Å²) in [6.45, 7) is 6.99. The highest BCUT2D eigenvalue weighted by Gasteiger charge is 2.61. The lowest BCUT2D eigenvalue weighted by Crippen LogP contribution is -2.31. The van der Waals surface area contributed by atoms with Crippen molar-refractivity contribution >= 4 is 11.0 Å². The Balaban J connectivity index is 1.96. The van der Waals surface area contributed by atoms with Crippen LogP contribution in [0.4, 0.5) is 0 Å². The highest BCUT2D eigenvalue weighted by molar-refractivity contribution is 5.82. The van der Waals surface area contributed by atoms with Crippen molar-refractivity contribution in [2.75, 3.05) is 13.2 Å². The first-order chi connectivity index (χ1) is 10.4. The molecule has 116 valence electrons. The van der Waals surface area contributed by atoms with Gasteiger partial charge in [0.25, 0.3) is 0 Å². The molecule has 1 aliphatic carbocycles. The third-order valence-electron chi connectivity index (χ3n) is 5.16. The summed E-state index contributed by atoms with van der Waals surface area (Å²) in [6.07, 6.45) is 0.360. The topological polar surface area (TPSA) is 59.7 Å². The molecule has 2 fully saturated rings. The van der Waals surface area contributed by atoms with Gasteiger partial charge in [-0.25, -0.2) is 0 Å². The maximum atomic E-state index is 12.8. The zero-order valence-electron chi connectivity index (χ0n) is 13.1. The number of rotatable bonds is 2. The van der Waals surface area contributed by atoms with Crippen LogP contribution in [0.1, 0.15) is 47.8 Å². The molecule has 1 unspecified atom stereocenters. The van der Waals surface area contributed by atoms with Crippen molar-refractivity contribution in [3.05, 3.63) is 44.8 Å². The van der Waals surface area contributed by atoms with Gasteiger partial charge < -0.3 is 14.3 Å². The summed E-state index contributed by atoms with van der Waals surface area (Å²) in [7, 11) is 0. The van der Waals surface area contributed by atoms with E-state index in [1.165, 1.54) is 0 Å². The van der Waals surface area contributed by atoms with Crippen LogP contribution >= 0.6 is 0 Å². The van der Waals surface area contributed by atoms with Crippen molar-refractivity contribution < 1.29 is 14.3 Å². The van der Waals surface area contributed by atoms with Crippen LogP contribution in [-0.4, -0.2) is 18.3 Å². The first-order valence-electron chi connectivity index (χ1n) is 7.76. The smallest absolute Gasteiger partial charge is 0.195 e. The van der Waals surface area contributed by atoms with Gasteiger partial charge in [0.1, 0.15) is 11.3 Å². The van der Waals surface area contributed by atoms with E-state index < -0.39 is 6.10 Å². The minimum atomic E-state index is -0.665. The molecular formula is C18H20O4. The quantitative estimate of drug-likeness (QED) is 0.926. The summed E-state index contributed by atoms with van der Waals surface area (Å²) in [5.74, 6) is 1.06. The van der Waals surface area contributed by atoms with Crippen molar-refractivity contribution in [2.24, 2.45) is 5.41 Å². The van der Waals surface area contributed by atoms with Crippen molar-refractivity contribution in [1.29, 1.82) is 0 Å². The third-order valence-corrected chi connectivity index (χ3v) is 5.16. The Morgan fingerprint density at radius 1 is 1.32 bits per heavy atom. The molecule has 1 spiro atoms. The van der Waals surface area contributed by atoms with Crippen LogP contribution in [-0.2, 0) is 4.74 Å². The molecule has 4 nitrogen and oxygen atoms in total. The Morgan fingerprint density at radius 2 is 2.05 bits per heavy atom. The first kappa shape index (κ1) is 14.0. The molecule has 22 heavy (non-hydrogen) atoms. The molecule has 4 rings (SSSR count). The van der Waals surface area contributed by atoms with Crippen molar-refractivity contribution in [3.8, 4) is 0 Å². The van der Waals surface area contributed by atoms with Crippen LogP contribution < -0.4 is 5.43 Å². The molecule has 0 amide bonds. The molecule has 2 aromatic rings. The molecule has 0 radical (unpaired) electrons. The largest absolute Gasteiger partial charge is 0.460 e. The van der Waals surface area contributed by atoms with Gasteiger partial charge in [0.05, 0.1) is 24.7 Å². The summed E-state index contributed by atoms with van der Waals surface area (Å²) in [4.78, 5) is 12.8. The maximum absolute atomic E-state index is 12.8. The molecule has 1 N–H and O–H groups in total. The molecule has 2 aliphatic rings. The predicted octanol–water partition coefficient (Wildman–Crippen LogP) is 2.97. The Kier molecular flexibility index (Phi) is 2.81. The molecule has 1 saturated heterocycles. The second-order valence-corrected chi connectivity index (χ2v) is 6.94. The van der Waals surface area contributed by atoms with E-state index in [9.17, 15) is 9.90 Å². The Hall–Kier alpha value is -1.65. The molecule has 1 saturated carbocycles. The van der Waals surface area contributed by atoms with Crippen molar-refractivity contribution in [2.45, 2.75) is 39.2 Å². The van der Waals surface area contributed by atoms with Crippen LogP contribution in [0.3, 0.4) is 0 Å². The van der Waals surface area contributed by atoms with Crippen LogP contribution in [0.2, 0.25) is 0 Å². The van der Waals surface area contributed by atoms with Gasteiger partial charge in [-0.05, 0) is 44.9 Å². The number of hydrogen-bond acceptors (Lipinski definition) is 4. The first-order valence-corrected chi connectivity index (χ1v) is 7.76. The van der Waals surface area contributed by atoms with Gasteiger partial charge in [-0.2, -0.15) is 0 Å². The molecule has 1 aliphatic heterocycles. The number of benzene rings is 1. The predicted molar refractivity (Wildman–Crippen MR) is 83.2 cm³/mol. The normalized spacial score (nSPS) is 23.5. The van der Waals surface area contributed by atoms with E-state index >= 15 is 0 Å². The van der Waals surface area contributed by atoms with E-state index in [4.69, 9.17) is 9.15 Å². The number of aliphatic hydroxyl groups is 1. The minimum absolute atomic E-state index is 0.0177. The summed E-state index contributed by atoms with van der Waals surface area (Å²) in [6, 6.07) is 3.74. The lowest BCUT2D eigenvalue weighted by atomic mass is 9.97. The van der Waals surface area contributed by atoms with E-state index in [0.717, 1.165) is 31.0 Å². The number of ether oxygens (including phenoxy) is 1. The Labute approximate surface area is 128 Å². The number of aliphatic hydroxyl groups excluding tert-OH is 1. The summed E-state index contributed by atoms with van der Waals surface area (Å²) in [5.41, 5.74) is 3.09. The molecule has 1 aromatic heterocycles. The number of fused-ring (bicyclic) bond motifs is 1. The fourth-order valence-corrected chi connectivity index (χ4v) is 3.63. The van der Waals surface area contributed by atoms with Crippen LogP contribution in [0.25, 0.3) is 11.0 Å². The van der Waals surface area contributed by atoms with E-state index in [1.807, 2.05) is 26.0 Å². The average Bonchev–Trinajstić information content (AvgIpc) is 3.18. The molecule has 1 aromatic carbocycles. The van der Waals surface area contributed by atoms with E-state index in [1.54, 1.807) is 6.92 Å². The minimum Gasteiger partial charge on any atom is -0.460 e. The fraction of sp³-hybridized carbons (Fsp3) is 0.500. The van der Waals surface area contributed by atoms with Gasteiger partial charge in [0.15, 0.2) is 5.43 Å². The second kappa shape index (κ2) is 4.43. The van der Waals surface area contributed by atoms with Crippen LogP contribution in [0.5, 0.6) is 0 Å². The van der Waals surface area contributed by atoms with Crippen molar-refractivity contribution in [3.63, 3.8) is 0 Å². The van der Waals surface area contributed by atoms with Crippen LogP contribution in [0.15, 0.2) is 21.3 Å². The zero-order valence-corrected chi connectivity index (χ0v) is 13.1. The second-order valence-electron chi connectivity index (χ2n) is 6.94. The lowest BCUT2D eigenvalue weighted by molar-refractivity contribution is -0.0540. The highest BCUT2D eigenvalue weighted by Crippen LogP contribution is 2.63. The van der Waals surface area contributed by atoms with Gasteiger partial charge in [0, 0.05) is 22.5 Å². The Bertz CT molecular complexity index is 827. The highest BCUT2D eigenvalue weighted by atomic mass is 16.5. The van der Waals surface area contributed by atoms with Gasteiger partial charge in [-0.15, -0.1) is 0 Å². The third kappa shape index (κ3) is 1.80. The molecule has 2 heterocycles. The summed E-state index contributed by atoms with van der Waals surface area (Å²) in [5, 5.41) is 10.6. The summed E-state index contributed by atoms with van der Waals surface area (Å²) < 4.78 is 11.5. The van der Waals surface area contributed by atoms with Gasteiger partial charge in [0.2, 0.25) is 0 Å². The summed E-state index contributed by atoms with van der Waals surface area (Å²) >= 11 is 0. The SMILES string of the molecule is Cc1cc([C@H](C)O)c2oc(C3CC34COC4)c(C)c(=O)c2c1. The lowest BCUT2D eigenvalue weighted by Gasteiger charge is -2.27. The molecular weight excluding hydrogens is 280 g/mol. The van der Waals surface area contributed by atoms with Gasteiger partial charge >= 0.3 is 0 Å². The van der Waals surface area contributed by atoms with E-state index in [0.29, 0.717) is 22.1 Å². The van der Waals surface area contributed by atoms with Gasteiger partial charge in [-0.3, -0.25) is 4.79 Å². The average molecular weight is 300 g/mol. The van der Waals surface area contributed by atoms with Crippen molar-refractivity contribution in [1.82, 2.24) is 0 Å². The Morgan fingerprint density at radius 3 is 2.59 bits per heavy atom. The monoisotopic (exact) mass is 300 g/mol. The molecule has 2 atom stereocenters. The molecule has 0 bridgehead atoms. The zero-order chi connectivity index (χ0) is 15.6. The fourth-order valence-electron chi connectivity index (χ4n) is 3.63. The maximum Gasteiger partial charge on any atom is 0.195 e. The number of hydrogen-bond donors (Lipinski definition) is 1. The van der Waals surface area contributed by atoms with E-state index in [-0.39, 0.29) is 16.8 Å².